The number of hydrogen-bond acceptors (Lipinski definition) is 7. The quantitative estimate of drug-likeness (QED) is 0.0718. The molecule has 1 aromatic heterocycles. The van der Waals surface area contributed by atoms with E-state index >= 15 is 0 Å². The van der Waals surface area contributed by atoms with Crippen molar-refractivity contribution in [1.82, 2.24) is 25.9 Å². The second-order valence-corrected chi connectivity index (χ2v) is 9.66. The highest BCUT2D eigenvalue weighted by atomic mass is 16.4. The first kappa shape index (κ1) is 31.4. The molecule has 4 unspecified atom stereocenters. The molecule has 0 radical (unpaired) electrons. The zero-order valence-corrected chi connectivity index (χ0v) is 21.9. The normalized spacial score (nSPS) is 14.4. The Morgan fingerprint density at radius 3 is 2.19 bits per heavy atom. The van der Waals surface area contributed by atoms with E-state index < -0.39 is 47.9 Å². The maximum atomic E-state index is 13.2. The van der Waals surface area contributed by atoms with Crippen molar-refractivity contribution in [2.24, 2.45) is 34.0 Å². The summed E-state index contributed by atoms with van der Waals surface area (Å²) in [4.78, 5) is 61.1. The summed E-state index contributed by atoms with van der Waals surface area (Å²) in [6.07, 6.45) is 3.91. The van der Waals surface area contributed by atoms with Gasteiger partial charge in [0.1, 0.15) is 18.1 Å². The van der Waals surface area contributed by atoms with Gasteiger partial charge < -0.3 is 43.2 Å². The number of nitrogens with two attached hydrogens (primary N) is 3. The molecule has 1 aromatic rings. The predicted molar refractivity (Wildman–Crippen MR) is 138 cm³/mol. The molecule has 1 rings (SSSR count). The first-order chi connectivity index (χ1) is 17.3. The largest absolute Gasteiger partial charge is 0.480 e. The highest BCUT2D eigenvalue weighted by Crippen LogP contribution is 2.09. The van der Waals surface area contributed by atoms with Crippen molar-refractivity contribution in [3.63, 3.8) is 0 Å². The van der Waals surface area contributed by atoms with Crippen LogP contribution in [0.15, 0.2) is 17.5 Å². The van der Waals surface area contributed by atoms with E-state index in [2.05, 4.69) is 30.9 Å². The van der Waals surface area contributed by atoms with Crippen molar-refractivity contribution in [2.75, 3.05) is 6.54 Å². The molecule has 0 fully saturated rings. The smallest absolute Gasteiger partial charge is 0.326 e. The summed E-state index contributed by atoms with van der Waals surface area (Å²) in [6, 6.07) is -4.11. The number of hydrogen-bond donors (Lipinski definition) is 8. The molecular formula is C23H41N9O5. The van der Waals surface area contributed by atoms with Gasteiger partial charge in [0.25, 0.3) is 0 Å². The topological polar surface area (TPSA) is 244 Å². The van der Waals surface area contributed by atoms with Gasteiger partial charge in [-0.3, -0.25) is 19.4 Å². The van der Waals surface area contributed by atoms with Gasteiger partial charge in [-0.05, 0) is 31.1 Å². The molecule has 0 saturated heterocycles. The molecule has 0 aromatic carbocycles. The average Bonchev–Trinajstić information content (AvgIpc) is 3.30. The molecule has 1 heterocycles. The fraction of sp³-hybridized carbons (Fsp3) is 0.652. The van der Waals surface area contributed by atoms with E-state index in [9.17, 15) is 24.3 Å². The summed E-state index contributed by atoms with van der Waals surface area (Å²) in [7, 11) is 0. The Bertz CT molecular complexity index is 914. The molecule has 208 valence electrons. The second-order valence-electron chi connectivity index (χ2n) is 9.66. The van der Waals surface area contributed by atoms with Crippen LogP contribution in [-0.2, 0) is 25.6 Å². The monoisotopic (exact) mass is 523 g/mol. The lowest BCUT2D eigenvalue weighted by molar-refractivity contribution is -0.143. The average molecular weight is 524 g/mol. The standard InChI is InChI=1S/C23H41N9O5/c1-12(2)8-17(22(36)37)31-20(34)16(6-5-7-28-23(25)26)30-21(35)18(13(3)4)32-19(33)15(24)9-14-10-27-11-29-14/h10-13,15-18H,5-9,24H2,1-4H3,(H,27,29)(H,30,35)(H,31,34)(H,32,33)(H,36,37)(H4,25,26,28). The van der Waals surface area contributed by atoms with Crippen LogP contribution in [0, 0.1) is 11.8 Å². The lowest BCUT2D eigenvalue weighted by Gasteiger charge is -2.27. The van der Waals surface area contributed by atoms with Gasteiger partial charge in [-0.2, -0.15) is 0 Å². The summed E-state index contributed by atoms with van der Waals surface area (Å²) < 4.78 is 0. The minimum Gasteiger partial charge on any atom is -0.480 e. The van der Waals surface area contributed by atoms with Crippen molar-refractivity contribution in [3.8, 4) is 0 Å². The number of nitrogens with zero attached hydrogens (tertiary/aromatic N) is 2. The van der Waals surface area contributed by atoms with Gasteiger partial charge in [-0.25, -0.2) is 9.78 Å². The van der Waals surface area contributed by atoms with Gasteiger partial charge in [0.15, 0.2) is 5.96 Å². The molecule has 0 aliphatic rings. The van der Waals surface area contributed by atoms with Gasteiger partial charge in [-0.1, -0.05) is 27.7 Å². The number of carbonyl (C=O) groups excluding carboxylic acids is 3. The first-order valence-electron chi connectivity index (χ1n) is 12.2. The zero-order chi connectivity index (χ0) is 28.1. The number of carboxylic acid groups (broad SMARTS) is 1. The second kappa shape index (κ2) is 15.4. The molecular weight excluding hydrogens is 482 g/mol. The van der Waals surface area contributed by atoms with Crippen LogP contribution in [0.25, 0.3) is 0 Å². The number of amides is 3. The molecule has 3 amide bonds. The van der Waals surface area contributed by atoms with E-state index in [1.807, 2.05) is 13.8 Å². The number of H-pyrrole nitrogens is 1. The Morgan fingerprint density at radius 2 is 1.68 bits per heavy atom. The molecule has 14 nitrogen and oxygen atoms in total. The maximum Gasteiger partial charge on any atom is 0.326 e. The summed E-state index contributed by atoms with van der Waals surface area (Å²) in [6.45, 7) is 7.36. The van der Waals surface area contributed by atoms with E-state index in [-0.39, 0.29) is 43.6 Å². The lowest BCUT2D eigenvalue weighted by Crippen LogP contribution is -2.58. The number of guanidine groups is 1. The van der Waals surface area contributed by atoms with Crippen LogP contribution in [0.4, 0.5) is 0 Å². The third-order valence-corrected chi connectivity index (χ3v) is 5.48. The fourth-order valence-corrected chi connectivity index (χ4v) is 3.52. The Morgan fingerprint density at radius 1 is 1.03 bits per heavy atom. The number of imidazole rings is 1. The fourth-order valence-electron chi connectivity index (χ4n) is 3.52. The highest BCUT2D eigenvalue weighted by Gasteiger charge is 2.31. The molecule has 0 saturated carbocycles. The maximum absolute atomic E-state index is 13.2. The Kier molecular flexibility index (Phi) is 13.1. The van der Waals surface area contributed by atoms with Crippen molar-refractivity contribution in [2.45, 2.75) is 77.5 Å². The number of carboxylic acids is 1. The molecule has 14 heteroatoms. The van der Waals surface area contributed by atoms with Crippen LogP contribution in [0.5, 0.6) is 0 Å². The summed E-state index contributed by atoms with van der Waals surface area (Å²) in [5, 5.41) is 17.3. The number of rotatable bonds is 16. The van der Waals surface area contributed by atoms with Crippen LogP contribution in [0.3, 0.4) is 0 Å². The van der Waals surface area contributed by atoms with Crippen molar-refractivity contribution in [3.05, 3.63) is 18.2 Å². The molecule has 0 aliphatic heterocycles. The third kappa shape index (κ3) is 11.7. The number of aromatic nitrogens is 2. The lowest BCUT2D eigenvalue weighted by atomic mass is 10.0. The van der Waals surface area contributed by atoms with Gasteiger partial charge in [0.2, 0.25) is 17.7 Å². The van der Waals surface area contributed by atoms with Gasteiger partial charge in [-0.15, -0.1) is 0 Å². The number of aliphatic carboxylic acids is 1. The van der Waals surface area contributed by atoms with Crippen LogP contribution >= 0.6 is 0 Å². The van der Waals surface area contributed by atoms with Crippen molar-refractivity contribution < 1.29 is 24.3 Å². The van der Waals surface area contributed by atoms with Crippen LogP contribution in [0.2, 0.25) is 0 Å². The molecule has 4 atom stereocenters. The predicted octanol–water partition coefficient (Wildman–Crippen LogP) is -1.43. The molecule has 0 spiro atoms. The van der Waals surface area contributed by atoms with Gasteiger partial charge in [0, 0.05) is 24.9 Å². The van der Waals surface area contributed by atoms with Gasteiger partial charge in [0.05, 0.1) is 12.4 Å². The van der Waals surface area contributed by atoms with E-state index in [1.54, 1.807) is 20.0 Å². The third-order valence-electron chi connectivity index (χ3n) is 5.48. The van der Waals surface area contributed by atoms with Crippen LogP contribution < -0.4 is 33.2 Å². The number of carbonyl (C=O) groups is 4. The minimum atomic E-state index is -1.17. The van der Waals surface area contributed by atoms with E-state index in [0.29, 0.717) is 12.1 Å². The van der Waals surface area contributed by atoms with E-state index in [4.69, 9.17) is 17.2 Å². The first-order valence-corrected chi connectivity index (χ1v) is 12.2. The Hall–Kier alpha value is -3.68. The number of nitrogens with one attached hydrogen (secondary N) is 4. The van der Waals surface area contributed by atoms with Gasteiger partial charge >= 0.3 is 5.97 Å². The number of aromatic amines is 1. The summed E-state index contributed by atoms with van der Waals surface area (Å²) >= 11 is 0. The van der Waals surface area contributed by atoms with Crippen molar-refractivity contribution >= 4 is 29.7 Å². The van der Waals surface area contributed by atoms with E-state index in [0.717, 1.165) is 0 Å². The van der Waals surface area contributed by atoms with Crippen LogP contribution in [-0.4, -0.2) is 75.4 Å². The summed E-state index contributed by atoms with van der Waals surface area (Å²) in [5.41, 5.74) is 17.3. The minimum absolute atomic E-state index is 0.0165. The van der Waals surface area contributed by atoms with Crippen LogP contribution in [0.1, 0.15) is 52.7 Å². The Balaban J connectivity index is 2.96. The van der Waals surface area contributed by atoms with E-state index in [1.165, 1.54) is 6.33 Å². The highest BCUT2D eigenvalue weighted by molar-refractivity contribution is 5.94. The Labute approximate surface area is 216 Å². The summed E-state index contributed by atoms with van der Waals surface area (Å²) in [5.74, 6) is -3.40. The molecule has 11 N–H and O–H groups in total. The SMILES string of the molecule is CC(C)CC(NC(=O)C(CCCN=C(N)N)NC(=O)C(NC(=O)C(N)Cc1cnc[nH]1)C(C)C)C(=O)O. The molecule has 37 heavy (non-hydrogen) atoms. The molecule has 0 bridgehead atoms. The number of aliphatic imine (C=N–C) groups is 1. The zero-order valence-electron chi connectivity index (χ0n) is 21.9. The molecule has 0 aliphatic carbocycles. The van der Waals surface area contributed by atoms with Crippen molar-refractivity contribution in [1.29, 1.82) is 0 Å².